The summed E-state index contributed by atoms with van der Waals surface area (Å²) in [5, 5.41) is 0. The molecule has 0 aliphatic heterocycles. The van der Waals surface area contributed by atoms with Crippen LogP contribution in [0.2, 0.25) is 0 Å². The summed E-state index contributed by atoms with van der Waals surface area (Å²) in [6.07, 6.45) is 3.35. The first-order valence-electron chi connectivity index (χ1n) is 4.42. The van der Waals surface area contributed by atoms with Crippen LogP contribution >= 0.6 is 15.9 Å². The molecule has 0 spiro atoms. The molecule has 1 heterocycles. The number of nitrogens with zero attached hydrogens (tertiary/aromatic N) is 3. The first-order valence-corrected chi connectivity index (χ1v) is 5.34. The van der Waals surface area contributed by atoms with Gasteiger partial charge in [-0.2, -0.15) is 0 Å². The van der Waals surface area contributed by atoms with Crippen LogP contribution < -0.4 is 4.90 Å². The van der Waals surface area contributed by atoms with Gasteiger partial charge in [0, 0.05) is 18.4 Å². The second kappa shape index (κ2) is 5.24. The molecule has 0 saturated carbocycles. The Morgan fingerprint density at radius 2 is 2.07 bits per heavy atom. The van der Waals surface area contributed by atoms with Crippen LogP contribution in [0.5, 0.6) is 0 Å². The fourth-order valence-electron chi connectivity index (χ4n) is 0.974. The van der Waals surface area contributed by atoms with E-state index in [1.54, 1.807) is 0 Å². The Balaban J connectivity index is 2.52. The van der Waals surface area contributed by atoms with Crippen molar-refractivity contribution in [1.29, 1.82) is 0 Å². The smallest absolute Gasteiger partial charge is 0.225 e. The lowest BCUT2D eigenvalue weighted by Crippen LogP contribution is -2.22. The molecule has 1 aromatic heterocycles. The molecule has 1 atom stereocenters. The van der Waals surface area contributed by atoms with Crippen LogP contribution in [0.1, 0.15) is 13.3 Å². The molecule has 0 radical (unpaired) electrons. The third kappa shape index (κ3) is 3.57. The van der Waals surface area contributed by atoms with Crippen LogP contribution in [0.4, 0.5) is 10.3 Å². The van der Waals surface area contributed by atoms with Crippen molar-refractivity contribution in [2.75, 3.05) is 18.5 Å². The summed E-state index contributed by atoms with van der Waals surface area (Å²) >= 11 is 3.46. The zero-order valence-electron chi connectivity index (χ0n) is 8.24. The summed E-state index contributed by atoms with van der Waals surface area (Å²) in [5.74, 6) is 0.149. The predicted octanol–water partition coefficient (Wildman–Crippen LogP) is 2.23. The molecule has 5 heteroatoms. The highest BCUT2D eigenvalue weighted by molar-refractivity contribution is 9.09. The first kappa shape index (κ1) is 11.4. The fraction of sp³-hybridized carbons (Fsp3) is 0.556. The molecule has 1 rings (SSSR count). The molecule has 0 fully saturated rings. The number of halogens is 2. The Bertz CT molecular complexity index is 276. The molecule has 0 saturated heterocycles. The lowest BCUT2D eigenvalue weighted by molar-refractivity contribution is 0.611. The predicted molar refractivity (Wildman–Crippen MR) is 58.3 cm³/mol. The van der Waals surface area contributed by atoms with Gasteiger partial charge in [-0.15, -0.1) is 0 Å². The molecule has 0 aliphatic rings. The zero-order chi connectivity index (χ0) is 10.6. The molecule has 14 heavy (non-hydrogen) atoms. The first-order chi connectivity index (χ1) is 6.59. The third-order valence-electron chi connectivity index (χ3n) is 1.81. The van der Waals surface area contributed by atoms with Gasteiger partial charge in [0.05, 0.1) is 12.4 Å². The summed E-state index contributed by atoms with van der Waals surface area (Å²) in [7, 11) is 1.89. The summed E-state index contributed by atoms with van der Waals surface area (Å²) in [6.45, 7) is 2.93. The number of alkyl halides is 1. The SMILES string of the molecule is CC(Br)CCN(C)c1ncc(F)cn1. The van der Waals surface area contributed by atoms with Crippen LogP contribution in [-0.4, -0.2) is 28.4 Å². The van der Waals surface area contributed by atoms with Crippen LogP contribution in [0.15, 0.2) is 12.4 Å². The lowest BCUT2D eigenvalue weighted by atomic mass is 10.3. The van der Waals surface area contributed by atoms with Crippen molar-refractivity contribution in [3.05, 3.63) is 18.2 Å². The maximum absolute atomic E-state index is 12.5. The van der Waals surface area contributed by atoms with Gasteiger partial charge < -0.3 is 4.90 Å². The molecule has 1 unspecified atom stereocenters. The van der Waals surface area contributed by atoms with Crippen molar-refractivity contribution in [3.8, 4) is 0 Å². The van der Waals surface area contributed by atoms with Crippen LogP contribution in [0.3, 0.4) is 0 Å². The van der Waals surface area contributed by atoms with E-state index in [2.05, 4.69) is 32.8 Å². The van der Waals surface area contributed by atoms with Crippen molar-refractivity contribution < 1.29 is 4.39 Å². The molecule has 3 nitrogen and oxygen atoms in total. The van der Waals surface area contributed by atoms with Gasteiger partial charge in [-0.1, -0.05) is 22.9 Å². The maximum Gasteiger partial charge on any atom is 0.225 e. The van der Waals surface area contributed by atoms with Gasteiger partial charge in [0.25, 0.3) is 0 Å². The van der Waals surface area contributed by atoms with Crippen molar-refractivity contribution >= 4 is 21.9 Å². The van der Waals surface area contributed by atoms with Crippen LogP contribution in [-0.2, 0) is 0 Å². The fourth-order valence-corrected chi connectivity index (χ4v) is 1.18. The molecular weight excluding hydrogens is 249 g/mol. The molecular formula is C9H13BrFN3. The average molecular weight is 262 g/mol. The summed E-state index contributed by atoms with van der Waals surface area (Å²) < 4.78 is 12.5. The topological polar surface area (TPSA) is 29.0 Å². The van der Waals surface area contributed by atoms with Crippen LogP contribution in [0, 0.1) is 5.82 Å². The molecule has 0 aliphatic carbocycles. The number of rotatable bonds is 4. The minimum Gasteiger partial charge on any atom is -0.344 e. The van der Waals surface area contributed by atoms with Crippen molar-refractivity contribution in [2.45, 2.75) is 18.2 Å². The van der Waals surface area contributed by atoms with Crippen molar-refractivity contribution in [2.24, 2.45) is 0 Å². The van der Waals surface area contributed by atoms with Gasteiger partial charge in [-0.05, 0) is 6.42 Å². The van der Waals surface area contributed by atoms with Crippen molar-refractivity contribution in [3.63, 3.8) is 0 Å². The highest BCUT2D eigenvalue weighted by atomic mass is 79.9. The Kier molecular flexibility index (Phi) is 4.25. The van der Waals surface area contributed by atoms with Gasteiger partial charge >= 0.3 is 0 Å². The Labute approximate surface area is 91.5 Å². The normalized spacial score (nSPS) is 12.6. The van der Waals surface area contributed by atoms with E-state index in [-0.39, 0.29) is 0 Å². The van der Waals surface area contributed by atoms with E-state index in [9.17, 15) is 4.39 Å². The molecule has 0 bridgehead atoms. The summed E-state index contributed by atoms with van der Waals surface area (Å²) in [5.41, 5.74) is 0. The van der Waals surface area contributed by atoms with E-state index in [0.29, 0.717) is 10.8 Å². The molecule has 78 valence electrons. The molecule has 0 aromatic carbocycles. The van der Waals surface area contributed by atoms with Gasteiger partial charge in [-0.25, -0.2) is 14.4 Å². The summed E-state index contributed by atoms with van der Waals surface area (Å²) in [4.78, 5) is 10.1. The molecule has 1 aromatic rings. The number of aromatic nitrogens is 2. The number of hydrogen-bond donors (Lipinski definition) is 0. The second-order valence-electron chi connectivity index (χ2n) is 3.19. The Morgan fingerprint density at radius 3 is 2.57 bits per heavy atom. The van der Waals surface area contributed by atoms with E-state index in [0.717, 1.165) is 13.0 Å². The largest absolute Gasteiger partial charge is 0.344 e. The Hall–Kier alpha value is -0.710. The lowest BCUT2D eigenvalue weighted by Gasteiger charge is -2.16. The van der Waals surface area contributed by atoms with E-state index in [1.165, 1.54) is 12.4 Å². The second-order valence-corrected chi connectivity index (χ2v) is 4.76. The monoisotopic (exact) mass is 261 g/mol. The van der Waals surface area contributed by atoms with Gasteiger partial charge in [0.2, 0.25) is 5.95 Å². The standard InChI is InChI=1S/C9H13BrFN3/c1-7(10)3-4-14(2)9-12-5-8(11)6-13-9/h5-7H,3-4H2,1-2H3. The number of hydrogen-bond acceptors (Lipinski definition) is 3. The minimum atomic E-state index is -0.406. The summed E-state index contributed by atoms with van der Waals surface area (Å²) in [6, 6.07) is 0. The maximum atomic E-state index is 12.5. The van der Waals surface area contributed by atoms with E-state index in [1.807, 2.05) is 11.9 Å². The van der Waals surface area contributed by atoms with Crippen LogP contribution in [0.25, 0.3) is 0 Å². The van der Waals surface area contributed by atoms with E-state index >= 15 is 0 Å². The Morgan fingerprint density at radius 1 is 1.50 bits per heavy atom. The third-order valence-corrected chi connectivity index (χ3v) is 2.27. The van der Waals surface area contributed by atoms with Gasteiger partial charge in [0.15, 0.2) is 5.82 Å². The highest BCUT2D eigenvalue weighted by Crippen LogP contribution is 2.08. The number of anilines is 1. The van der Waals surface area contributed by atoms with Crippen molar-refractivity contribution in [1.82, 2.24) is 9.97 Å². The average Bonchev–Trinajstić information content (AvgIpc) is 2.15. The van der Waals surface area contributed by atoms with E-state index in [4.69, 9.17) is 0 Å². The molecule has 0 amide bonds. The van der Waals surface area contributed by atoms with Gasteiger partial charge in [0.1, 0.15) is 0 Å². The van der Waals surface area contributed by atoms with Gasteiger partial charge in [-0.3, -0.25) is 0 Å². The zero-order valence-corrected chi connectivity index (χ0v) is 9.83. The minimum absolute atomic E-state index is 0.406. The molecule has 0 N–H and O–H groups in total. The quantitative estimate of drug-likeness (QED) is 0.779. The van der Waals surface area contributed by atoms with E-state index < -0.39 is 5.82 Å². The highest BCUT2D eigenvalue weighted by Gasteiger charge is 2.05.